The van der Waals surface area contributed by atoms with E-state index in [4.69, 9.17) is 14.2 Å². The molecule has 3 aliphatic heterocycles. The minimum atomic E-state index is 0.376. The molecular weight excluding hydrogens is 340 g/mol. The van der Waals surface area contributed by atoms with E-state index in [2.05, 4.69) is 52.3 Å². The van der Waals surface area contributed by atoms with Gasteiger partial charge in [0.25, 0.3) is 0 Å². The van der Waals surface area contributed by atoms with E-state index in [0.717, 1.165) is 50.9 Å². The van der Waals surface area contributed by atoms with E-state index in [-0.39, 0.29) is 0 Å². The number of piperazine rings is 1. The number of fused-ring (bicyclic) bond motifs is 2. The predicted octanol–water partition coefficient (Wildman–Crippen LogP) is 2.72. The summed E-state index contributed by atoms with van der Waals surface area (Å²) in [6, 6.07) is 17.9. The normalized spacial score (nSPS) is 25.8. The third kappa shape index (κ3) is 3.55. The number of morpholine rings is 1. The average molecular weight is 366 g/mol. The van der Waals surface area contributed by atoms with Crippen LogP contribution in [0.4, 0.5) is 0 Å². The van der Waals surface area contributed by atoms with Crippen LogP contribution in [0.2, 0.25) is 0 Å². The fourth-order valence-corrected chi connectivity index (χ4v) is 4.45. The van der Waals surface area contributed by atoms with Crippen LogP contribution in [-0.2, 0) is 11.3 Å². The number of rotatable bonds is 3. The van der Waals surface area contributed by atoms with Crippen molar-refractivity contribution in [2.45, 2.75) is 18.6 Å². The largest absolute Gasteiger partial charge is 0.486 e. The molecule has 5 rings (SSSR count). The molecule has 0 unspecified atom stereocenters. The van der Waals surface area contributed by atoms with Crippen molar-refractivity contribution in [3.8, 4) is 11.5 Å². The second kappa shape index (κ2) is 7.50. The highest BCUT2D eigenvalue weighted by Crippen LogP contribution is 2.33. The first-order chi connectivity index (χ1) is 13.4. The van der Waals surface area contributed by atoms with Crippen LogP contribution in [0, 0.1) is 0 Å². The summed E-state index contributed by atoms with van der Waals surface area (Å²) in [5.74, 6) is 1.74. The minimum Gasteiger partial charge on any atom is -0.486 e. The zero-order valence-corrected chi connectivity index (χ0v) is 15.5. The first-order valence-corrected chi connectivity index (χ1v) is 9.86. The number of ether oxygens (including phenoxy) is 3. The van der Waals surface area contributed by atoms with Gasteiger partial charge in [-0.25, -0.2) is 0 Å². The summed E-state index contributed by atoms with van der Waals surface area (Å²) in [5.41, 5.74) is 2.64. The molecule has 2 saturated heterocycles. The lowest BCUT2D eigenvalue weighted by atomic mass is 10.00. The maximum Gasteiger partial charge on any atom is 0.161 e. The zero-order chi connectivity index (χ0) is 18.1. The van der Waals surface area contributed by atoms with E-state index in [1.807, 2.05) is 6.07 Å². The van der Waals surface area contributed by atoms with Gasteiger partial charge in [-0.15, -0.1) is 0 Å². The Hall–Kier alpha value is -2.08. The van der Waals surface area contributed by atoms with Crippen LogP contribution in [-0.4, -0.2) is 61.9 Å². The van der Waals surface area contributed by atoms with E-state index in [1.165, 1.54) is 11.1 Å². The molecule has 27 heavy (non-hydrogen) atoms. The van der Waals surface area contributed by atoms with Crippen molar-refractivity contribution in [1.82, 2.24) is 9.80 Å². The Balaban J connectivity index is 1.26. The average Bonchev–Trinajstić information content (AvgIpc) is 2.74. The molecule has 0 N–H and O–H groups in total. The molecular formula is C22H26N2O3. The van der Waals surface area contributed by atoms with E-state index < -0.39 is 0 Å². The lowest BCUT2D eigenvalue weighted by Crippen LogP contribution is -2.58. The quantitative estimate of drug-likeness (QED) is 0.834. The number of nitrogens with zero attached hydrogens (tertiary/aromatic N) is 2. The molecule has 3 heterocycles. The van der Waals surface area contributed by atoms with Gasteiger partial charge in [-0.1, -0.05) is 36.4 Å². The van der Waals surface area contributed by atoms with Gasteiger partial charge in [0, 0.05) is 32.2 Å². The molecule has 3 aliphatic rings. The van der Waals surface area contributed by atoms with E-state index >= 15 is 0 Å². The van der Waals surface area contributed by atoms with E-state index in [1.54, 1.807) is 0 Å². The second-order valence-electron chi connectivity index (χ2n) is 7.57. The standard InChI is InChI=1S/C22H26N2O3/c1-2-4-18(5-3-1)20-16-25-15-19-14-23(8-9-24(19)20)13-17-6-7-21-22(12-17)27-11-10-26-21/h1-7,12,19-20H,8-11,13-16H2/t19-,20-/m1/s1. The van der Waals surface area contributed by atoms with Crippen LogP contribution >= 0.6 is 0 Å². The lowest BCUT2D eigenvalue weighted by Gasteiger charge is -2.48. The third-order valence-corrected chi connectivity index (χ3v) is 5.80. The van der Waals surface area contributed by atoms with Gasteiger partial charge < -0.3 is 14.2 Å². The van der Waals surface area contributed by atoms with Crippen molar-refractivity contribution in [3.05, 3.63) is 59.7 Å². The van der Waals surface area contributed by atoms with Gasteiger partial charge in [-0.2, -0.15) is 0 Å². The molecule has 142 valence electrons. The first-order valence-electron chi connectivity index (χ1n) is 9.86. The molecule has 5 heteroatoms. The predicted molar refractivity (Wildman–Crippen MR) is 103 cm³/mol. The molecule has 2 fully saturated rings. The Labute approximate surface area is 160 Å². The van der Waals surface area contributed by atoms with Crippen molar-refractivity contribution < 1.29 is 14.2 Å². The van der Waals surface area contributed by atoms with Crippen LogP contribution in [0.25, 0.3) is 0 Å². The smallest absolute Gasteiger partial charge is 0.161 e. The molecule has 0 aliphatic carbocycles. The molecule has 0 spiro atoms. The lowest BCUT2D eigenvalue weighted by molar-refractivity contribution is -0.0836. The molecule has 0 radical (unpaired) electrons. The summed E-state index contributed by atoms with van der Waals surface area (Å²) in [6.07, 6.45) is 0. The van der Waals surface area contributed by atoms with Crippen molar-refractivity contribution >= 4 is 0 Å². The van der Waals surface area contributed by atoms with Crippen LogP contribution in [0.15, 0.2) is 48.5 Å². The molecule has 5 nitrogen and oxygen atoms in total. The Morgan fingerprint density at radius 1 is 0.889 bits per heavy atom. The fraction of sp³-hybridized carbons (Fsp3) is 0.455. The molecule has 0 saturated carbocycles. The van der Waals surface area contributed by atoms with E-state index in [9.17, 15) is 0 Å². The summed E-state index contributed by atoms with van der Waals surface area (Å²) in [6.45, 7) is 7.03. The van der Waals surface area contributed by atoms with Gasteiger partial charge in [0.2, 0.25) is 0 Å². The van der Waals surface area contributed by atoms with Crippen molar-refractivity contribution in [3.63, 3.8) is 0 Å². The zero-order valence-electron chi connectivity index (χ0n) is 15.5. The SMILES string of the molecule is c1ccc([C@H]2COC[C@H]3CN(Cc4ccc5c(c4)OCCO5)CCN32)cc1. The highest BCUT2D eigenvalue weighted by molar-refractivity contribution is 5.43. The molecule has 2 atom stereocenters. The van der Waals surface area contributed by atoms with E-state index in [0.29, 0.717) is 25.3 Å². The summed E-state index contributed by atoms with van der Waals surface area (Å²) < 4.78 is 17.3. The highest BCUT2D eigenvalue weighted by Gasteiger charge is 2.36. The molecule has 0 aromatic heterocycles. The molecule has 2 aromatic carbocycles. The molecule has 0 amide bonds. The van der Waals surface area contributed by atoms with Gasteiger partial charge in [0.05, 0.1) is 19.3 Å². The van der Waals surface area contributed by atoms with Gasteiger partial charge in [-0.05, 0) is 23.3 Å². The molecule has 2 aromatic rings. The fourth-order valence-electron chi connectivity index (χ4n) is 4.45. The number of hydrogen-bond donors (Lipinski definition) is 0. The van der Waals surface area contributed by atoms with Gasteiger partial charge in [0.1, 0.15) is 13.2 Å². The summed E-state index contributed by atoms with van der Waals surface area (Å²) in [7, 11) is 0. The van der Waals surface area contributed by atoms with Crippen molar-refractivity contribution in [1.29, 1.82) is 0 Å². The third-order valence-electron chi connectivity index (χ3n) is 5.80. The minimum absolute atomic E-state index is 0.376. The summed E-state index contributed by atoms with van der Waals surface area (Å²) in [5, 5.41) is 0. The number of benzene rings is 2. The molecule has 0 bridgehead atoms. The maximum atomic E-state index is 5.97. The first kappa shape index (κ1) is 17.0. The summed E-state index contributed by atoms with van der Waals surface area (Å²) in [4.78, 5) is 5.17. The van der Waals surface area contributed by atoms with Crippen LogP contribution in [0.1, 0.15) is 17.2 Å². The van der Waals surface area contributed by atoms with Crippen LogP contribution < -0.4 is 9.47 Å². The topological polar surface area (TPSA) is 34.2 Å². The Morgan fingerprint density at radius 2 is 1.74 bits per heavy atom. The Bertz CT molecular complexity index is 782. The maximum absolute atomic E-state index is 5.97. The van der Waals surface area contributed by atoms with Gasteiger partial charge >= 0.3 is 0 Å². The Kier molecular flexibility index (Phi) is 4.74. The van der Waals surface area contributed by atoms with Crippen molar-refractivity contribution in [2.24, 2.45) is 0 Å². The monoisotopic (exact) mass is 366 g/mol. The summed E-state index contributed by atoms with van der Waals surface area (Å²) >= 11 is 0. The van der Waals surface area contributed by atoms with Gasteiger partial charge in [0.15, 0.2) is 11.5 Å². The van der Waals surface area contributed by atoms with Crippen molar-refractivity contribution in [2.75, 3.05) is 46.1 Å². The van der Waals surface area contributed by atoms with Crippen LogP contribution in [0.5, 0.6) is 11.5 Å². The highest BCUT2D eigenvalue weighted by atomic mass is 16.6. The van der Waals surface area contributed by atoms with Gasteiger partial charge in [-0.3, -0.25) is 9.80 Å². The van der Waals surface area contributed by atoms with Crippen LogP contribution in [0.3, 0.4) is 0 Å². The number of hydrogen-bond acceptors (Lipinski definition) is 5. The second-order valence-corrected chi connectivity index (χ2v) is 7.57. The Morgan fingerprint density at radius 3 is 2.63 bits per heavy atom.